The van der Waals surface area contributed by atoms with E-state index in [9.17, 15) is 4.79 Å². The van der Waals surface area contributed by atoms with E-state index in [1.807, 2.05) is 36.4 Å². The Morgan fingerprint density at radius 2 is 1.64 bits per heavy atom. The van der Waals surface area contributed by atoms with E-state index < -0.39 is 0 Å². The van der Waals surface area contributed by atoms with Gasteiger partial charge in [0.2, 0.25) is 5.11 Å². The molecule has 0 saturated heterocycles. The third kappa shape index (κ3) is 4.68. The Bertz CT molecular complexity index is 658. The van der Waals surface area contributed by atoms with Gasteiger partial charge in [-0.3, -0.25) is 15.6 Å². The highest BCUT2D eigenvalue weighted by atomic mass is 32.1. The van der Waals surface area contributed by atoms with Crippen LogP contribution in [0, 0.1) is 0 Å². The van der Waals surface area contributed by atoms with Gasteiger partial charge in [-0.25, -0.2) is 5.01 Å². The number of hydrogen-bond donors (Lipinski definition) is 2. The van der Waals surface area contributed by atoms with Crippen LogP contribution in [0.25, 0.3) is 0 Å². The van der Waals surface area contributed by atoms with Gasteiger partial charge in [-0.1, -0.05) is 48.5 Å². The van der Waals surface area contributed by atoms with Gasteiger partial charge in [0.1, 0.15) is 0 Å². The molecular formula is C16H16N4OS. The third-order valence-corrected chi connectivity index (χ3v) is 3.16. The number of nitrogens with one attached hydrogen (secondary N) is 2. The Morgan fingerprint density at radius 1 is 1.05 bits per heavy atom. The first-order valence-electron chi connectivity index (χ1n) is 6.65. The first-order valence-corrected chi connectivity index (χ1v) is 7.06. The minimum Gasteiger partial charge on any atom is -0.272 e. The van der Waals surface area contributed by atoms with Gasteiger partial charge in [-0.2, -0.15) is 5.10 Å². The predicted octanol–water partition coefficient (Wildman–Crippen LogP) is 2.17. The number of rotatable bonds is 3. The van der Waals surface area contributed by atoms with Gasteiger partial charge in [0, 0.05) is 12.6 Å². The number of hydrogen-bond acceptors (Lipinski definition) is 3. The zero-order valence-corrected chi connectivity index (χ0v) is 12.9. The van der Waals surface area contributed by atoms with Gasteiger partial charge in [0.15, 0.2) is 0 Å². The molecule has 6 heteroatoms. The summed E-state index contributed by atoms with van der Waals surface area (Å²) in [5, 5.41) is 5.95. The summed E-state index contributed by atoms with van der Waals surface area (Å²) in [6.45, 7) is 0. The summed E-state index contributed by atoms with van der Waals surface area (Å²) in [5.41, 5.74) is 6.71. The molecule has 0 saturated carbocycles. The van der Waals surface area contributed by atoms with Gasteiger partial charge in [0.25, 0.3) is 5.91 Å². The normalized spacial score (nSPS) is 10.2. The fourth-order valence-electron chi connectivity index (χ4n) is 1.60. The molecule has 0 bridgehead atoms. The number of benzene rings is 2. The average Bonchev–Trinajstić information content (AvgIpc) is 2.58. The summed E-state index contributed by atoms with van der Waals surface area (Å²) in [7, 11) is 1.70. The van der Waals surface area contributed by atoms with E-state index in [2.05, 4.69) is 16.0 Å². The maximum Gasteiger partial charge on any atom is 0.269 e. The number of carbonyl (C=O) groups is 1. The van der Waals surface area contributed by atoms with Crippen molar-refractivity contribution in [2.75, 3.05) is 7.05 Å². The predicted molar refractivity (Wildman–Crippen MR) is 91.4 cm³/mol. The van der Waals surface area contributed by atoms with Crippen molar-refractivity contribution in [3.63, 3.8) is 0 Å². The molecule has 0 unspecified atom stereocenters. The minimum absolute atomic E-state index is 0.261. The second-order valence-electron chi connectivity index (χ2n) is 4.43. The summed E-state index contributed by atoms with van der Waals surface area (Å²) in [6, 6.07) is 18.5. The van der Waals surface area contributed by atoms with Crippen LogP contribution in [-0.4, -0.2) is 29.3 Å². The molecule has 22 heavy (non-hydrogen) atoms. The summed E-state index contributed by atoms with van der Waals surface area (Å²) in [4.78, 5) is 11.9. The van der Waals surface area contributed by atoms with Crippen LogP contribution in [0.15, 0.2) is 65.8 Å². The molecular weight excluding hydrogens is 296 g/mol. The molecule has 0 aliphatic rings. The van der Waals surface area contributed by atoms with Crippen LogP contribution in [0.5, 0.6) is 0 Å². The summed E-state index contributed by atoms with van der Waals surface area (Å²) in [6.07, 6.45) is 1.69. The van der Waals surface area contributed by atoms with E-state index >= 15 is 0 Å². The lowest BCUT2D eigenvalue weighted by Gasteiger charge is -2.16. The van der Waals surface area contributed by atoms with E-state index in [0.29, 0.717) is 5.56 Å². The highest BCUT2D eigenvalue weighted by Crippen LogP contribution is 1.97. The van der Waals surface area contributed by atoms with E-state index in [4.69, 9.17) is 12.2 Å². The lowest BCUT2D eigenvalue weighted by atomic mass is 10.2. The van der Waals surface area contributed by atoms with E-state index in [1.165, 1.54) is 5.01 Å². The minimum atomic E-state index is -0.261. The molecule has 112 valence electrons. The lowest BCUT2D eigenvalue weighted by molar-refractivity contribution is 0.0942. The van der Waals surface area contributed by atoms with Gasteiger partial charge in [-0.15, -0.1) is 0 Å². The highest BCUT2D eigenvalue weighted by molar-refractivity contribution is 7.80. The van der Waals surface area contributed by atoms with Crippen LogP contribution in [0.2, 0.25) is 0 Å². The SMILES string of the molecule is CN(N=Cc1ccccc1)C(=S)NNC(=O)c1ccccc1. The van der Waals surface area contributed by atoms with E-state index in [0.717, 1.165) is 5.56 Å². The first kappa shape index (κ1) is 15.7. The molecule has 0 heterocycles. The molecule has 0 spiro atoms. The maximum atomic E-state index is 11.9. The molecule has 0 aliphatic carbocycles. The Labute approximate surface area is 134 Å². The Kier molecular flexibility index (Phi) is 5.62. The number of hydrazine groups is 1. The van der Waals surface area contributed by atoms with Crippen molar-refractivity contribution in [1.29, 1.82) is 0 Å². The van der Waals surface area contributed by atoms with Crippen molar-refractivity contribution in [2.24, 2.45) is 5.10 Å². The number of hydrazone groups is 1. The molecule has 5 nitrogen and oxygen atoms in total. The topological polar surface area (TPSA) is 56.7 Å². The van der Waals surface area contributed by atoms with Crippen LogP contribution in [0.4, 0.5) is 0 Å². The largest absolute Gasteiger partial charge is 0.272 e. The Morgan fingerprint density at radius 3 is 2.27 bits per heavy atom. The van der Waals surface area contributed by atoms with Gasteiger partial charge < -0.3 is 0 Å². The fourth-order valence-corrected chi connectivity index (χ4v) is 1.70. The molecule has 0 aliphatic heterocycles. The van der Waals surface area contributed by atoms with Crippen LogP contribution >= 0.6 is 12.2 Å². The summed E-state index contributed by atoms with van der Waals surface area (Å²) >= 11 is 5.15. The van der Waals surface area contributed by atoms with Crippen molar-refractivity contribution in [1.82, 2.24) is 15.9 Å². The smallest absolute Gasteiger partial charge is 0.269 e. The summed E-state index contributed by atoms with van der Waals surface area (Å²) < 4.78 is 0. The van der Waals surface area contributed by atoms with Crippen molar-refractivity contribution in [3.05, 3.63) is 71.8 Å². The Hall–Kier alpha value is -2.73. The molecule has 1 amide bonds. The van der Waals surface area contributed by atoms with Crippen LogP contribution in [-0.2, 0) is 0 Å². The van der Waals surface area contributed by atoms with Crippen LogP contribution in [0.3, 0.4) is 0 Å². The number of nitrogens with zero attached hydrogens (tertiary/aromatic N) is 2. The highest BCUT2D eigenvalue weighted by Gasteiger charge is 2.06. The number of amides is 1. The molecule has 0 atom stereocenters. The molecule has 0 fully saturated rings. The Balaban J connectivity index is 1.84. The van der Waals surface area contributed by atoms with Crippen LogP contribution < -0.4 is 10.9 Å². The molecule has 2 N–H and O–H groups in total. The summed E-state index contributed by atoms with van der Waals surface area (Å²) in [5.74, 6) is -0.261. The second-order valence-corrected chi connectivity index (χ2v) is 4.82. The van der Waals surface area contributed by atoms with Gasteiger partial charge in [0.05, 0.1) is 6.21 Å². The van der Waals surface area contributed by atoms with E-state index in [1.54, 1.807) is 37.5 Å². The molecule has 0 radical (unpaired) electrons. The molecule has 2 aromatic carbocycles. The number of thiocarbonyl (C=S) groups is 1. The van der Waals surface area contributed by atoms with Crippen molar-refractivity contribution < 1.29 is 4.79 Å². The average molecular weight is 312 g/mol. The molecule has 2 aromatic rings. The first-order chi connectivity index (χ1) is 10.7. The maximum absolute atomic E-state index is 11.9. The standard InChI is InChI=1S/C16H16N4OS/c1-20(17-12-13-8-4-2-5-9-13)16(22)19-18-15(21)14-10-6-3-7-11-14/h2-12H,1H3,(H,18,21)(H,19,22). The van der Waals surface area contributed by atoms with Crippen molar-refractivity contribution >= 4 is 29.5 Å². The van der Waals surface area contributed by atoms with Crippen molar-refractivity contribution in [3.8, 4) is 0 Å². The molecule has 0 aromatic heterocycles. The zero-order chi connectivity index (χ0) is 15.8. The number of carbonyl (C=O) groups excluding carboxylic acids is 1. The van der Waals surface area contributed by atoms with Crippen LogP contribution in [0.1, 0.15) is 15.9 Å². The zero-order valence-electron chi connectivity index (χ0n) is 12.1. The van der Waals surface area contributed by atoms with E-state index in [-0.39, 0.29) is 11.0 Å². The molecule has 2 rings (SSSR count). The lowest BCUT2D eigenvalue weighted by Crippen LogP contribution is -2.46. The fraction of sp³-hybridized carbons (Fsp3) is 0.0625. The van der Waals surface area contributed by atoms with Gasteiger partial charge in [-0.05, 0) is 29.9 Å². The second kappa shape index (κ2) is 7.90. The quantitative estimate of drug-likeness (QED) is 0.518. The monoisotopic (exact) mass is 312 g/mol. The van der Waals surface area contributed by atoms with Crippen molar-refractivity contribution in [2.45, 2.75) is 0 Å². The van der Waals surface area contributed by atoms with Gasteiger partial charge >= 0.3 is 0 Å². The third-order valence-electron chi connectivity index (χ3n) is 2.79.